The highest BCUT2D eigenvalue weighted by molar-refractivity contribution is 7.80. The lowest BCUT2D eigenvalue weighted by Crippen LogP contribution is -2.44. The van der Waals surface area contributed by atoms with E-state index in [-0.39, 0.29) is 6.04 Å². The first-order chi connectivity index (χ1) is 11.8. The van der Waals surface area contributed by atoms with Crippen LogP contribution in [-0.2, 0) is 0 Å². The molecule has 0 radical (unpaired) electrons. The van der Waals surface area contributed by atoms with Crippen molar-refractivity contribution >= 4 is 17.3 Å². The van der Waals surface area contributed by atoms with E-state index in [1.54, 1.807) is 0 Å². The summed E-state index contributed by atoms with van der Waals surface area (Å²) in [6.07, 6.45) is 8.99. The SMILES string of the molecule is S=C(NC1CCCCC1)NC(c1ccc2c(c1)OCCO2)C1CC1. The van der Waals surface area contributed by atoms with Gasteiger partial charge in [-0.15, -0.1) is 0 Å². The molecule has 0 amide bonds. The molecule has 1 aromatic carbocycles. The molecule has 0 saturated heterocycles. The lowest BCUT2D eigenvalue weighted by Gasteiger charge is -2.28. The molecule has 2 fully saturated rings. The van der Waals surface area contributed by atoms with Crippen molar-refractivity contribution in [2.24, 2.45) is 5.92 Å². The normalized spacial score (nSPS) is 21.8. The molecule has 1 atom stereocenters. The first-order valence-electron chi connectivity index (χ1n) is 9.26. The van der Waals surface area contributed by atoms with Gasteiger partial charge in [-0.05, 0) is 61.5 Å². The minimum atomic E-state index is 0.268. The number of hydrogen-bond donors (Lipinski definition) is 2. The first kappa shape index (κ1) is 16.0. The topological polar surface area (TPSA) is 42.5 Å². The van der Waals surface area contributed by atoms with Gasteiger partial charge in [-0.25, -0.2) is 0 Å². The standard InChI is InChI=1S/C19H26N2O2S/c24-19(20-15-4-2-1-3-5-15)21-18(13-6-7-13)14-8-9-16-17(12-14)23-11-10-22-16/h8-9,12-13,15,18H,1-7,10-11H2,(H2,20,21,24). The molecule has 2 aliphatic carbocycles. The van der Waals surface area contributed by atoms with Gasteiger partial charge in [-0.1, -0.05) is 25.3 Å². The van der Waals surface area contributed by atoms with E-state index < -0.39 is 0 Å². The summed E-state index contributed by atoms with van der Waals surface area (Å²) in [5.41, 5.74) is 1.24. The molecule has 1 aromatic rings. The average molecular weight is 346 g/mol. The fraction of sp³-hybridized carbons (Fsp3) is 0.632. The minimum absolute atomic E-state index is 0.268. The van der Waals surface area contributed by atoms with E-state index in [0.29, 0.717) is 25.2 Å². The van der Waals surface area contributed by atoms with Gasteiger partial charge in [0.25, 0.3) is 0 Å². The zero-order chi connectivity index (χ0) is 16.4. The number of thiocarbonyl (C=S) groups is 1. The van der Waals surface area contributed by atoms with Gasteiger partial charge in [0.2, 0.25) is 0 Å². The fourth-order valence-corrected chi connectivity index (χ4v) is 4.07. The zero-order valence-corrected chi connectivity index (χ0v) is 14.9. The molecule has 1 heterocycles. The Morgan fingerprint density at radius 1 is 1.00 bits per heavy atom. The summed E-state index contributed by atoms with van der Waals surface area (Å²) in [7, 11) is 0. The van der Waals surface area contributed by atoms with Crippen molar-refractivity contribution in [3.8, 4) is 11.5 Å². The smallest absolute Gasteiger partial charge is 0.167 e. The maximum Gasteiger partial charge on any atom is 0.167 e. The second-order valence-corrected chi connectivity index (χ2v) is 7.58. The summed E-state index contributed by atoms with van der Waals surface area (Å²) >= 11 is 5.60. The van der Waals surface area contributed by atoms with Gasteiger partial charge in [-0.3, -0.25) is 0 Å². The predicted octanol–water partition coefficient (Wildman–Crippen LogP) is 3.71. The molecule has 2 N–H and O–H groups in total. The Hall–Kier alpha value is -1.49. The molecule has 5 heteroatoms. The summed E-state index contributed by atoms with van der Waals surface area (Å²) in [6.45, 7) is 1.26. The second kappa shape index (κ2) is 7.18. The summed E-state index contributed by atoms with van der Waals surface area (Å²) in [6, 6.07) is 7.10. The quantitative estimate of drug-likeness (QED) is 0.814. The third-order valence-electron chi connectivity index (χ3n) is 5.25. The van der Waals surface area contributed by atoms with E-state index in [0.717, 1.165) is 16.6 Å². The van der Waals surface area contributed by atoms with Crippen molar-refractivity contribution in [1.82, 2.24) is 10.6 Å². The molecule has 4 rings (SSSR count). The molecule has 1 unspecified atom stereocenters. The van der Waals surface area contributed by atoms with Crippen LogP contribution in [0.4, 0.5) is 0 Å². The van der Waals surface area contributed by atoms with Crippen LogP contribution >= 0.6 is 12.2 Å². The molecule has 24 heavy (non-hydrogen) atoms. The minimum Gasteiger partial charge on any atom is -0.486 e. The average Bonchev–Trinajstić information content (AvgIpc) is 3.45. The number of rotatable bonds is 4. The Morgan fingerprint density at radius 3 is 2.50 bits per heavy atom. The molecule has 2 saturated carbocycles. The largest absolute Gasteiger partial charge is 0.486 e. The van der Waals surface area contributed by atoms with Crippen LogP contribution in [0.1, 0.15) is 56.6 Å². The van der Waals surface area contributed by atoms with Crippen LogP contribution < -0.4 is 20.1 Å². The van der Waals surface area contributed by atoms with Crippen molar-refractivity contribution in [2.75, 3.05) is 13.2 Å². The Labute approximate surface area is 149 Å². The fourth-order valence-electron chi connectivity index (χ4n) is 3.77. The maximum atomic E-state index is 5.74. The van der Waals surface area contributed by atoms with Crippen LogP contribution in [0, 0.1) is 5.92 Å². The van der Waals surface area contributed by atoms with Crippen molar-refractivity contribution in [3.63, 3.8) is 0 Å². The van der Waals surface area contributed by atoms with Crippen LogP contribution in [0.3, 0.4) is 0 Å². The zero-order valence-electron chi connectivity index (χ0n) is 14.1. The molecule has 0 spiro atoms. The molecule has 4 nitrogen and oxygen atoms in total. The molecule has 1 aliphatic heterocycles. The van der Waals surface area contributed by atoms with E-state index in [9.17, 15) is 0 Å². The predicted molar refractivity (Wildman–Crippen MR) is 98.6 cm³/mol. The van der Waals surface area contributed by atoms with E-state index in [2.05, 4.69) is 22.8 Å². The monoisotopic (exact) mass is 346 g/mol. The summed E-state index contributed by atoms with van der Waals surface area (Å²) in [5, 5.41) is 7.90. The molecular formula is C19H26N2O2S. The van der Waals surface area contributed by atoms with Crippen LogP contribution in [0.25, 0.3) is 0 Å². The van der Waals surface area contributed by atoms with E-state index >= 15 is 0 Å². The first-order valence-corrected chi connectivity index (χ1v) is 9.67. The molecule has 0 aromatic heterocycles. The Balaban J connectivity index is 1.43. The second-order valence-electron chi connectivity index (χ2n) is 7.17. The lowest BCUT2D eigenvalue weighted by molar-refractivity contribution is 0.171. The van der Waals surface area contributed by atoms with E-state index in [1.165, 1.54) is 50.5 Å². The van der Waals surface area contributed by atoms with E-state index in [4.69, 9.17) is 21.7 Å². The Morgan fingerprint density at radius 2 is 1.75 bits per heavy atom. The van der Waals surface area contributed by atoms with Crippen molar-refractivity contribution < 1.29 is 9.47 Å². The lowest BCUT2D eigenvalue weighted by atomic mass is 9.96. The van der Waals surface area contributed by atoms with Gasteiger partial charge in [0.05, 0.1) is 6.04 Å². The Bertz CT molecular complexity index is 597. The highest BCUT2D eigenvalue weighted by atomic mass is 32.1. The van der Waals surface area contributed by atoms with Crippen LogP contribution in [-0.4, -0.2) is 24.4 Å². The highest BCUT2D eigenvalue weighted by Gasteiger charge is 2.33. The number of benzene rings is 1. The summed E-state index contributed by atoms with van der Waals surface area (Å²) < 4.78 is 11.4. The highest BCUT2D eigenvalue weighted by Crippen LogP contribution is 2.43. The van der Waals surface area contributed by atoms with Crippen LogP contribution in [0.2, 0.25) is 0 Å². The number of nitrogens with one attached hydrogen (secondary N) is 2. The van der Waals surface area contributed by atoms with Crippen molar-refractivity contribution in [3.05, 3.63) is 23.8 Å². The maximum absolute atomic E-state index is 5.74. The molecule has 0 bridgehead atoms. The van der Waals surface area contributed by atoms with E-state index in [1.807, 2.05) is 6.07 Å². The number of fused-ring (bicyclic) bond motifs is 1. The summed E-state index contributed by atoms with van der Waals surface area (Å²) in [5.74, 6) is 2.37. The van der Waals surface area contributed by atoms with Crippen LogP contribution in [0.5, 0.6) is 11.5 Å². The van der Waals surface area contributed by atoms with Gasteiger partial charge < -0.3 is 20.1 Å². The molecular weight excluding hydrogens is 320 g/mol. The molecule has 3 aliphatic rings. The third-order valence-corrected chi connectivity index (χ3v) is 5.48. The van der Waals surface area contributed by atoms with Gasteiger partial charge in [0, 0.05) is 6.04 Å². The number of hydrogen-bond acceptors (Lipinski definition) is 3. The molecule has 130 valence electrons. The van der Waals surface area contributed by atoms with Gasteiger partial charge >= 0.3 is 0 Å². The van der Waals surface area contributed by atoms with Gasteiger partial charge in [0.1, 0.15) is 13.2 Å². The van der Waals surface area contributed by atoms with Gasteiger partial charge in [-0.2, -0.15) is 0 Å². The van der Waals surface area contributed by atoms with Crippen molar-refractivity contribution in [1.29, 1.82) is 0 Å². The third kappa shape index (κ3) is 3.77. The van der Waals surface area contributed by atoms with Crippen LogP contribution in [0.15, 0.2) is 18.2 Å². The van der Waals surface area contributed by atoms with Crippen molar-refractivity contribution in [2.45, 2.75) is 57.0 Å². The van der Waals surface area contributed by atoms with Gasteiger partial charge in [0.15, 0.2) is 16.6 Å². The summed E-state index contributed by atoms with van der Waals surface area (Å²) in [4.78, 5) is 0. The Kier molecular flexibility index (Phi) is 4.79. The number of ether oxygens (including phenoxy) is 2.